The topological polar surface area (TPSA) is 0 Å². The maximum absolute atomic E-state index is 13.9. The Labute approximate surface area is 110 Å². The summed E-state index contributed by atoms with van der Waals surface area (Å²) in [5.74, 6) is -9.16. The zero-order valence-corrected chi connectivity index (χ0v) is 10.4. The van der Waals surface area contributed by atoms with E-state index in [0.717, 1.165) is 13.8 Å². The first-order chi connectivity index (χ1) is 9.25. The van der Waals surface area contributed by atoms with Gasteiger partial charge in [0.15, 0.2) is 23.3 Å². The number of hydrogen-bond donors (Lipinski definition) is 0. The summed E-state index contributed by atoms with van der Waals surface area (Å²) in [7, 11) is 0. The zero-order valence-electron chi connectivity index (χ0n) is 10.4. The molecule has 0 fully saturated rings. The molecule has 0 saturated heterocycles. The zero-order chi connectivity index (χ0) is 15.2. The van der Waals surface area contributed by atoms with E-state index in [1.807, 2.05) is 0 Å². The predicted molar refractivity (Wildman–Crippen MR) is 61.1 cm³/mol. The fourth-order valence-corrected chi connectivity index (χ4v) is 1.89. The minimum absolute atomic E-state index is 0.348. The minimum Gasteiger partial charge on any atom is -0.206 e. The van der Waals surface area contributed by atoms with E-state index in [4.69, 9.17) is 0 Å². The second-order valence-electron chi connectivity index (χ2n) is 4.36. The molecule has 0 aliphatic carbocycles. The van der Waals surface area contributed by atoms with Crippen LogP contribution in [-0.2, 0) is 0 Å². The van der Waals surface area contributed by atoms with E-state index in [1.54, 1.807) is 0 Å². The van der Waals surface area contributed by atoms with Gasteiger partial charge in [-0.25, -0.2) is 26.3 Å². The van der Waals surface area contributed by atoms with E-state index >= 15 is 0 Å². The summed E-state index contributed by atoms with van der Waals surface area (Å²) in [5.41, 5.74) is -3.22. The molecular formula is C14H8F6. The Morgan fingerprint density at radius 1 is 0.550 bits per heavy atom. The van der Waals surface area contributed by atoms with Crippen LogP contribution in [0, 0.1) is 48.8 Å². The van der Waals surface area contributed by atoms with Crippen LogP contribution in [0.15, 0.2) is 12.1 Å². The molecule has 0 radical (unpaired) electrons. The summed E-state index contributed by atoms with van der Waals surface area (Å²) < 4.78 is 81.7. The van der Waals surface area contributed by atoms with E-state index in [1.165, 1.54) is 0 Å². The van der Waals surface area contributed by atoms with Crippen molar-refractivity contribution in [2.75, 3.05) is 0 Å². The van der Waals surface area contributed by atoms with Gasteiger partial charge < -0.3 is 0 Å². The van der Waals surface area contributed by atoms with Crippen molar-refractivity contribution in [2.24, 2.45) is 0 Å². The molecule has 106 valence electrons. The first-order valence-corrected chi connectivity index (χ1v) is 5.54. The standard InChI is InChI=1S/C14H8F6/c1-5-4-8(16)13(19)10(11(5)17)9-7(15)3-6(2)12(18)14(9)20/h3-4H,1-2H3. The Morgan fingerprint density at radius 3 is 1.65 bits per heavy atom. The lowest BCUT2D eigenvalue weighted by molar-refractivity contribution is 0.478. The highest BCUT2D eigenvalue weighted by atomic mass is 19.2. The molecule has 0 nitrogen and oxygen atoms in total. The van der Waals surface area contributed by atoms with Crippen LogP contribution in [0.25, 0.3) is 11.1 Å². The van der Waals surface area contributed by atoms with Crippen molar-refractivity contribution in [3.05, 3.63) is 58.2 Å². The fourth-order valence-electron chi connectivity index (χ4n) is 1.89. The number of hydrogen-bond acceptors (Lipinski definition) is 0. The van der Waals surface area contributed by atoms with Gasteiger partial charge in [0.05, 0.1) is 11.1 Å². The van der Waals surface area contributed by atoms with Gasteiger partial charge in [0.25, 0.3) is 0 Å². The second-order valence-corrected chi connectivity index (χ2v) is 4.36. The molecular weight excluding hydrogens is 282 g/mol. The van der Waals surface area contributed by atoms with Crippen LogP contribution in [0.4, 0.5) is 26.3 Å². The Kier molecular flexibility index (Phi) is 3.50. The Bertz CT molecular complexity index is 680. The summed E-state index contributed by atoms with van der Waals surface area (Å²) in [6.45, 7) is 2.19. The summed E-state index contributed by atoms with van der Waals surface area (Å²) in [6.07, 6.45) is 0. The van der Waals surface area contributed by atoms with Gasteiger partial charge in [0.2, 0.25) is 0 Å². The first-order valence-electron chi connectivity index (χ1n) is 5.54. The summed E-state index contributed by atoms with van der Waals surface area (Å²) in [4.78, 5) is 0. The van der Waals surface area contributed by atoms with E-state index in [2.05, 4.69) is 0 Å². The average molecular weight is 290 g/mol. The molecule has 0 saturated carbocycles. The Hall–Kier alpha value is -1.98. The Balaban J connectivity index is 2.93. The van der Waals surface area contributed by atoms with Crippen molar-refractivity contribution in [1.82, 2.24) is 0 Å². The lowest BCUT2D eigenvalue weighted by atomic mass is 9.98. The van der Waals surface area contributed by atoms with Crippen LogP contribution in [0.3, 0.4) is 0 Å². The van der Waals surface area contributed by atoms with Crippen LogP contribution in [0.1, 0.15) is 11.1 Å². The summed E-state index contributed by atoms with van der Waals surface area (Å²) in [5, 5.41) is 0. The molecule has 0 bridgehead atoms. The van der Waals surface area contributed by atoms with E-state index in [-0.39, 0.29) is 11.1 Å². The van der Waals surface area contributed by atoms with Crippen LogP contribution in [0.2, 0.25) is 0 Å². The summed E-state index contributed by atoms with van der Waals surface area (Å²) >= 11 is 0. The fraction of sp³-hybridized carbons (Fsp3) is 0.143. The highest BCUT2D eigenvalue weighted by Crippen LogP contribution is 2.35. The first kappa shape index (κ1) is 14.4. The third kappa shape index (κ3) is 2.05. The van der Waals surface area contributed by atoms with Gasteiger partial charge >= 0.3 is 0 Å². The number of benzene rings is 2. The molecule has 0 unspecified atom stereocenters. The largest absolute Gasteiger partial charge is 0.206 e. The van der Waals surface area contributed by atoms with E-state index < -0.39 is 46.0 Å². The van der Waals surface area contributed by atoms with Crippen LogP contribution >= 0.6 is 0 Å². The second kappa shape index (κ2) is 4.85. The minimum atomic E-state index is -1.77. The molecule has 20 heavy (non-hydrogen) atoms. The monoisotopic (exact) mass is 290 g/mol. The maximum Gasteiger partial charge on any atom is 0.170 e. The lowest BCUT2D eigenvalue weighted by Gasteiger charge is -2.12. The van der Waals surface area contributed by atoms with Gasteiger partial charge in [0.1, 0.15) is 11.6 Å². The normalized spacial score (nSPS) is 11.0. The molecule has 2 aromatic carbocycles. The number of rotatable bonds is 1. The SMILES string of the molecule is Cc1cc(F)c(-c2c(F)c(C)cc(F)c2F)c(F)c1F. The van der Waals surface area contributed by atoms with Gasteiger partial charge in [0, 0.05) is 0 Å². The van der Waals surface area contributed by atoms with Crippen molar-refractivity contribution < 1.29 is 26.3 Å². The third-order valence-corrected chi connectivity index (χ3v) is 2.93. The van der Waals surface area contributed by atoms with Crippen LogP contribution in [-0.4, -0.2) is 0 Å². The molecule has 2 rings (SSSR count). The molecule has 0 spiro atoms. The molecule has 6 heteroatoms. The van der Waals surface area contributed by atoms with Gasteiger partial charge in [-0.05, 0) is 37.1 Å². The quantitative estimate of drug-likeness (QED) is 0.522. The molecule has 0 aromatic heterocycles. The number of aryl methyl sites for hydroxylation is 2. The van der Waals surface area contributed by atoms with Crippen molar-refractivity contribution in [2.45, 2.75) is 13.8 Å². The van der Waals surface area contributed by atoms with E-state index in [9.17, 15) is 26.3 Å². The van der Waals surface area contributed by atoms with Gasteiger partial charge in [-0.1, -0.05) is 0 Å². The van der Waals surface area contributed by atoms with Gasteiger partial charge in [-0.3, -0.25) is 0 Å². The van der Waals surface area contributed by atoms with Crippen LogP contribution in [0.5, 0.6) is 0 Å². The smallest absolute Gasteiger partial charge is 0.170 e. The molecule has 0 aliphatic heterocycles. The molecule has 0 heterocycles. The molecule has 2 aromatic rings. The molecule has 0 amide bonds. The van der Waals surface area contributed by atoms with Gasteiger partial charge in [-0.15, -0.1) is 0 Å². The van der Waals surface area contributed by atoms with Crippen molar-refractivity contribution in [1.29, 1.82) is 0 Å². The van der Waals surface area contributed by atoms with E-state index in [0.29, 0.717) is 12.1 Å². The van der Waals surface area contributed by atoms with Gasteiger partial charge in [-0.2, -0.15) is 0 Å². The van der Waals surface area contributed by atoms with Crippen molar-refractivity contribution in [3.63, 3.8) is 0 Å². The Morgan fingerprint density at radius 2 is 1.05 bits per heavy atom. The molecule has 0 aliphatic rings. The average Bonchev–Trinajstić information content (AvgIpc) is 2.38. The van der Waals surface area contributed by atoms with Crippen molar-refractivity contribution >= 4 is 0 Å². The van der Waals surface area contributed by atoms with Crippen LogP contribution < -0.4 is 0 Å². The molecule has 0 atom stereocenters. The maximum atomic E-state index is 13.9. The lowest BCUT2D eigenvalue weighted by Crippen LogP contribution is -2.04. The third-order valence-electron chi connectivity index (χ3n) is 2.93. The summed E-state index contributed by atoms with van der Waals surface area (Å²) in [6, 6.07) is 1.14. The molecule has 0 N–H and O–H groups in total. The highest BCUT2D eigenvalue weighted by molar-refractivity contribution is 5.68. The highest BCUT2D eigenvalue weighted by Gasteiger charge is 2.26. The van der Waals surface area contributed by atoms with Crippen molar-refractivity contribution in [3.8, 4) is 11.1 Å². The predicted octanol–water partition coefficient (Wildman–Crippen LogP) is 4.81. The number of halogens is 6.